The Bertz CT molecular complexity index is 1250. The van der Waals surface area contributed by atoms with Crippen LogP contribution in [-0.4, -0.2) is 15.8 Å². The molecule has 0 amide bonds. The molecule has 2 aromatic carbocycles. The molecule has 0 spiro atoms. The van der Waals surface area contributed by atoms with Crippen LogP contribution < -0.4 is 5.73 Å². The van der Waals surface area contributed by atoms with Gasteiger partial charge in [-0.1, -0.05) is 30.5 Å². The summed E-state index contributed by atoms with van der Waals surface area (Å²) in [6.45, 7) is 3.69. The van der Waals surface area contributed by atoms with Crippen molar-refractivity contribution in [3.8, 4) is 11.1 Å². The number of ketones is 1. The van der Waals surface area contributed by atoms with E-state index in [0.29, 0.717) is 11.0 Å². The van der Waals surface area contributed by atoms with Crippen LogP contribution in [0.5, 0.6) is 0 Å². The number of nitrogens with one attached hydrogen (secondary N) is 1. The smallest absolute Gasteiger partial charge is 0.201 e. The number of thioether (sulfide) groups is 1. The van der Waals surface area contributed by atoms with Crippen molar-refractivity contribution in [2.24, 2.45) is 0 Å². The Balaban J connectivity index is 1.79. The number of rotatable bonds is 5. The number of pyridine rings is 1. The first-order chi connectivity index (χ1) is 14.0. The van der Waals surface area contributed by atoms with E-state index in [1.165, 1.54) is 18.0 Å². The van der Waals surface area contributed by atoms with Crippen molar-refractivity contribution in [3.05, 3.63) is 89.6 Å². The third-order valence-corrected chi connectivity index (χ3v) is 5.24. The molecular weight excluding hydrogens is 392 g/mol. The summed E-state index contributed by atoms with van der Waals surface area (Å²) in [4.78, 5) is 21.1. The van der Waals surface area contributed by atoms with Crippen molar-refractivity contribution in [1.29, 1.82) is 0 Å². The molecular formula is C22H15F2N3OS. The van der Waals surface area contributed by atoms with E-state index in [9.17, 15) is 13.6 Å². The number of nitrogens with two attached hydrogens (primary N) is 1. The maximum atomic E-state index is 14.3. The number of benzene rings is 2. The summed E-state index contributed by atoms with van der Waals surface area (Å²) in [5.41, 5.74) is 6.78. The largest absolute Gasteiger partial charge is 0.396 e. The number of H-pyrrole nitrogens is 1. The van der Waals surface area contributed by atoms with Gasteiger partial charge >= 0.3 is 0 Å². The molecule has 0 aliphatic carbocycles. The molecule has 144 valence electrons. The molecule has 0 saturated carbocycles. The van der Waals surface area contributed by atoms with Gasteiger partial charge in [0.1, 0.15) is 11.5 Å². The Labute approximate surface area is 169 Å². The zero-order valence-corrected chi connectivity index (χ0v) is 15.9. The lowest BCUT2D eigenvalue weighted by Gasteiger charge is -2.07. The van der Waals surface area contributed by atoms with E-state index < -0.39 is 23.0 Å². The SMILES string of the molecule is C=CSc1ccc(-c2cnc3[nH]cc(C(=O)c4c(F)ccc(N)c4F)c3c2)cc1. The van der Waals surface area contributed by atoms with Gasteiger partial charge in [-0.25, -0.2) is 13.8 Å². The Hall–Kier alpha value is -3.45. The molecule has 2 aromatic heterocycles. The van der Waals surface area contributed by atoms with Gasteiger partial charge in [-0.2, -0.15) is 0 Å². The number of halogens is 2. The van der Waals surface area contributed by atoms with Crippen LogP contribution in [0, 0.1) is 11.6 Å². The van der Waals surface area contributed by atoms with Crippen LogP contribution in [0.3, 0.4) is 0 Å². The fourth-order valence-electron chi connectivity index (χ4n) is 3.08. The van der Waals surface area contributed by atoms with E-state index in [1.807, 2.05) is 24.3 Å². The minimum atomic E-state index is -1.07. The number of carbonyl (C=O) groups is 1. The molecule has 3 N–H and O–H groups in total. The topological polar surface area (TPSA) is 71.8 Å². The van der Waals surface area contributed by atoms with E-state index in [1.54, 1.807) is 17.7 Å². The van der Waals surface area contributed by atoms with E-state index in [4.69, 9.17) is 5.73 Å². The number of aromatic amines is 1. The molecule has 4 rings (SSSR count). The lowest BCUT2D eigenvalue weighted by Crippen LogP contribution is -2.09. The fourth-order valence-corrected chi connectivity index (χ4v) is 3.57. The van der Waals surface area contributed by atoms with Crippen LogP contribution in [-0.2, 0) is 0 Å². The molecule has 0 aliphatic heterocycles. The van der Waals surface area contributed by atoms with Crippen molar-refractivity contribution in [1.82, 2.24) is 9.97 Å². The van der Waals surface area contributed by atoms with Crippen molar-refractivity contribution >= 4 is 34.3 Å². The fraction of sp³-hybridized carbons (Fsp3) is 0. The predicted molar refractivity (Wildman–Crippen MR) is 112 cm³/mol. The normalized spacial score (nSPS) is 11.0. The Morgan fingerprint density at radius 2 is 1.90 bits per heavy atom. The van der Waals surface area contributed by atoms with Crippen LogP contribution in [0.2, 0.25) is 0 Å². The van der Waals surface area contributed by atoms with Gasteiger partial charge in [-0.3, -0.25) is 4.79 Å². The predicted octanol–water partition coefficient (Wildman–Crippen LogP) is 5.56. The van der Waals surface area contributed by atoms with Crippen LogP contribution >= 0.6 is 11.8 Å². The number of aromatic nitrogens is 2. The number of nitrogen functional groups attached to an aromatic ring is 1. The number of fused-ring (bicyclic) bond motifs is 1. The molecule has 0 aliphatic rings. The van der Waals surface area contributed by atoms with Crippen LogP contribution in [0.1, 0.15) is 15.9 Å². The zero-order valence-electron chi connectivity index (χ0n) is 15.1. The van der Waals surface area contributed by atoms with Gasteiger partial charge in [0.25, 0.3) is 0 Å². The highest BCUT2D eigenvalue weighted by Crippen LogP contribution is 2.29. The molecule has 29 heavy (non-hydrogen) atoms. The van der Waals surface area contributed by atoms with Crippen molar-refractivity contribution < 1.29 is 13.6 Å². The average Bonchev–Trinajstić information content (AvgIpc) is 3.15. The summed E-state index contributed by atoms with van der Waals surface area (Å²) in [5.74, 6) is -2.82. The van der Waals surface area contributed by atoms with Gasteiger partial charge in [0.05, 0.1) is 11.3 Å². The minimum Gasteiger partial charge on any atom is -0.396 e. The number of hydrogen-bond donors (Lipinski definition) is 2. The molecule has 0 saturated heterocycles. The summed E-state index contributed by atoms with van der Waals surface area (Å²) in [7, 11) is 0. The second-order valence-electron chi connectivity index (χ2n) is 6.29. The zero-order chi connectivity index (χ0) is 20.5. The first kappa shape index (κ1) is 18.9. The second-order valence-corrected chi connectivity index (χ2v) is 7.33. The second kappa shape index (κ2) is 7.52. The summed E-state index contributed by atoms with van der Waals surface area (Å²) in [5, 5.41) is 2.22. The standard InChI is InChI=1S/C22H15F2N3OS/c1-2-29-14-5-3-12(4-6-14)13-9-15-16(11-27-22(15)26-10-13)21(28)19-17(23)7-8-18(25)20(19)24/h2-11H,1,25H2,(H,26,27). The monoisotopic (exact) mass is 407 g/mol. The first-order valence-electron chi connectivity index (χ1n) is 8.63. The summed E-state index contributed by atoms with van der Waals surface area (Å²) < 4.78 is 28.5. The van der Waals surface area contributed by atoms with E-state index in [2.05, 4.69) is 16.5 Å². The molecule has 7 heteroatoms. The Morgan fingerprint density at radius 3 is 2.62 bits per heavy atom. The van der Waals surface area contributed by atoms with Gasteiger partial charge < -0.3 is 10.7 Å². The number of hydrogen-bond acceptors (Lipinski definition) is 4. The van der Waals surface area contributed by atoms with E-state index >= 15 is 0 Å². The first-order valence-corrected chi connectivity index (χ1v) is 9.51. The molecule has 0 unspecified atom stereocenters. The third kappa shape index (κ3) is 3.40. The van der Waals surface area contributed by atoms with Gasteiger partial charge in [-0.15, -0.1) is 0 Å². The van der Waals surface area contributed by atoms with Crippen molar-refractivity contribution in [2.75, 3.05) is 5.73 Å². The third-order valence-electron chi connectivity index (χ3n) is 4.53. The number of carbonyl (C=O) groups excluding carboxylic acids is 1. The van der Waals surface area contributed by atoms with Gasteiger partial charge in [0.15, 0.2) is 5.82 Å². The van der Waals surface area contributed by atoms with Crippen molar-refractivity contribution in [3.63, 3.8) is 0 Å². The van der Waals surface area contributed by atoms with Crippen LogP contribution in [0.25, 0.3) is 22.2 Å². The van der Waals surface area contributed by atoms with E-state index in [0.717, 1.165) is 28.2 Å². The average molecular weight is 407 g/mol. The summed E-state index contributed by atoms with van der Waals surface area (Å²) >= 11 is 1.51. The molecule has 4 nitrogen and oxygen atoms in total. The van der Waals surface area contributed by atoms with Gasteiger partial charge in [0.2, 0.25) is 5.78 Å². The molecule has 0 atom stereocenters. The highest BCUT2D eigenvalue weighted by Gasteiger charge is 2.23. The van der Waals surface area contributed by atoms with Gasteiger partial charge in [-0.05, 0) is 41.3 Å². The van der Waals surface area contributed by atoms with Crippen LogP contribution in [0.15, 0.2) is 71.7 Å². The molecule has 0 fully saturated rings. The van der Waals surface area contributed by atoms with Gasteiger partial charge in [0, 0.05) is 33.8 Å². The number of nitrogens with zero attached hydrogens (tertiary/aromatic N) is 1. The molecule has 2 heterocycles. The van der Waals surface area contributed by atoms with E-state index in [-0.39, 0.29) is 11.3 Å². The molecule has 0 radical (unpaired) electrons. The Morgan fingerprint density at radius 1 is 1.14 bits per heavy atom. The lowest BCUT2D eigenvalue weighted by atomic mass is 10.00. The maximum absolute atomic E-state index is 14.3. The highest BCUT2D eigenvalue weighted by molar-refractivity contribution is 8.02. The van der Waals surface area contributed by atoms with Crippen LogP contribution in [0.4, 0.5) is 14.5 Å². The minimum absolute atomic E-state index is 0.122. The number of anilines is 1. The summed E-state index contributed by atoms with van der Waals surface area (Å²) in [6.07, 6.45) is 3.07. The lowest BCUT2D eigenvalue weighted by molar-refractivity contribution is 0.103. The van der Waals surface area contributed by atoms with Crippen molar-refractivity contribution in [2.45, 2.75) is 4.90 Å². The Kier molecular flexibility index (Phi) is 4.90. The summed E-state index contributed by atoms with van der Waals surface area (Å²) in [6, 6.07) is 11.6. The quantitative estimate of drug-likeness (QED) is 0.258. The highest BCUT2D eigenvalue weighted by atomic mass is 32.2. The molecule has 0 bridgehead atoms. The molecule has 4 aromatic rings. The maximum Gasteiger partial charge on any atom is 0.201 e.